The molecule has 1 saturated carbocycles. The Morgan fingerprint density at radius 2 is 1.76 bits per heavy atom. The Bertz CT molecular complexity index is 352. The average molecular weight is 233 g/mol. The molecule has 0 aromatic heterocycles. The molecule has 0 saturated heterocycles. The number of benzene rings is 1. The minimum absolute atomic E-state index is 0.372. The summed E-state index contributed by atoms with van der Waals surface area (Å²) in [7, 11) is 0. The number of rotatable bonds is 5. The van der Waals surface area contributed by atoms with E-state index < -0.39 is 0 Å². The smallest absolute Gasteiger partial charge is 0.0761 e. The quantitative estimate of drug-likeness (QED) is 0.843. The van der Waals surface area contributed by atoms with Gasteiger partial charge in [0.05, 0.1) is 6.10 Å². The minimum atomic E-state index is -0.372. The number of hydrogen-bond donors (Lipinski definition) is 1. The van der Waals surface area contributed by atoms with Crippen LogP contribution in [0.25, 0.3) is 0 Å². The summed E-state index contributed by atoms with van der Waals surface area (Å²) in [5.41, 5.74) is 2.29. The lowest BCUT2D eigenvalue weighted by molar-refractivity contribution is 0.199. The molecule has 0 amide bonds. The predicted molar refractivity (Wildman–Crippen MR) is 72.3 cm³/mol. The predicted octanol–water partition coefficient (Wildman–Crippen LogP) is 3.36. The second-order valence-corrected chi connectivity index (χ2v) is 5.54. The molecule has 94 valence electrons. The highest BCUT2D eigenvalue weighted by Gasteiger charge is 2.29. The van der Waals surface area contributed by atoms with E-state index in [1.54, 1.807) is 0 Å². The van der Waals surface area contributed by atoms with Crippen molar-refractivity contribution in [1.82, 2.24) is 0 Å². The van der Waals surface area contributed by atoms with Gasteiger partial charge in [-0.1, -0.05) is 26.0 Å². The molecule has 1 aliphatic rings. The molecule has 2 rings (SSSR count). The highest BCUT2D eigenvalue weighted by Crippen LogP contribution is 2.32. The summed E-state index contributed by atoms with van der Waals surface area (Å²) in [5, 5.41) is 9.51. The fraction of sp³-hybridized carbons (Fsp3) is 0.600. The third-order valence-electron chi connectivity index (χ3n) is 3.26. The summed E-state index contributed by atoms with van der Waals surface area (Å²) < 4.78 is 0. The van der Waals surface area contributed by atoms with Crippen molar-refractivity contribution in [3.05, 3.63) is 29.8 Å². The molecule has 1 fully saturated rings. The molecular weight excluding hydrogens is 210 g/mol. The topological polar surface area (TPSA) is 23.5 Å². The molecule has 0 spiro atoms. The molecule has 0 heterocycles. The maximum absolute atomic E-state index is 9.51. The molecule has 1 aliphatic carbocycles. The van der Waals surface area contributed by atoms with Gasteiger partial charge in [-0.2, -0.15) is 0 Å². The number of hydrogen-bond acceptors (Lipinski definition) is 2. The van der Waals surface area contributed by atoms with Gasteiger partial charge in [0.15, 0.2) is 0 Å². The van der Waals surface area contributed by atoms with E-state index >= 15 is 0 Å². The van der Waals surface area contributed by atoms with Crippen LogP contribution in [0.2, 0.25) is 0 Å². The largest absolute Gasteiger partial charge is 0.389 e. The van der Waals surface area contributed by atoms with E-state index in [1.165, 1.54) is 18.5 Å². The second-order valence-electron chi connectivity index (χ2n) is 5.54. The van der Waals surface area contributed by atoms with Crippen molar-refractivity contribution in [2.75, 3.05) is 11.4 Å². The van der Waals surface area contributed by atoms with Crippen molar-refractivity contribution in [3.8, 4) is 0 Å². The molecule has 1 N–H and O–H groups in total. The van der Waals surface area contributed by atoms with Crippen molar-refractivity contribution in [1.29, 1.82) is 0 Å². The van der Waals surface area contributed by atoms with Crippen LogP contribution in [0.3, 0.4) is 0 Å². The Balaban J connectivity index is 2.12. The molecule has 0 unspecified atom stereocenters. The highest BCUT2D eigenvalue weighted by molar-refractivity contribution is 5.50. The van der Waals surface area contributed by atoms with Crippen LogP contribution in [0.5, 0.6) is 0 Å². The van der Waals surface area contributed by atoms with E-state index in [-0.39, 0.29) is 6.10 Å². The number of anilines is 1. The van der Waals surface area contributed by atoms with E-state index in [2.05, 4.69) is 30.9 Å². The van der Waals surface area contributed by atoms with Gasteiger partial charge in [-0.25, -0.2) is 0 Å². The van der Waals surface area contributed by atoms with E-state index in [0.717, 1.165) is 18.2 Å². The fourth-order valence-corrected chi connectivity index (χ4v) is 2.19. The van der Waals surface area contributed by atoms with Crippen LogP contribution >= 0.6 is 0 Å². The Morgan fingerprint density at radius 1 is 1.18 bits per heavy atom. The van der Waals surface area contributed by atoms with Crippen LogP contribution < -0.4 is 4.90 Å². The Labute approximate surface area is 104 Å². The maximum atomic E-state index is 9.51. The van der Waals surface area contributed by atoms with Gasteiger partial charge >= 0.3 is 0 Å². The van der Waals surface area contributed by atoms with Crippen LogP contribution in [-0.4, -0.2) is 17.7 Å². The van der Waals surface area contributed by atoms with E-state index in [0.29, 0.717) is 5.92 Å². The summed E-state index contributed by atoms with van der Waals surface area (Å²) in [6.07, 6.45) is 2.28. The monoisotopic (exact) mass is 233 g/mol. The maximum Gasteiger partial charge on any atom is 0.0761 e. The summed E-state index contributed by atoms with van der Waals surface area (Å²) in [4.78, 5) is 2.51. The van der Waals surface area contributed by atoms with Gasteiger partial charge in [-0.05, 0) is 43.4 Å². The lowest BCUT2D eigenvalue weighted by atomic mass is 10.1. The first-order chi connectivity index (χ1) is 8.08. The van der Waals surface area contributed by atoms with Crippen LogP contribution in [-0.2, 0) is 0 Å². The number of nitrogens with zero attached hydrogens (tertiary/aromatic N) is 1. The Hall–Kier alpha value is -1.02. The third kappa shape index (κ3) is 3.22. The summed E-state index contributed by atoms with van der Waals surface area (Å²) in [6, 6.07) is 9.10. The van der Waals surface area contributed by atoms with Crippen LogP contribution in [0.1, 0.15) is 45.3 Å². The minimum Gasteiger partial charge on any atom is -0.389 e. The molecule has 1 aromatic carbocycles. The first kappa shape index (κ1) is 12.4. The first-order valence-corrected chi connectivity index (χ1v) is 6.62. The zero-order valence-electron chi connectivity index (χ0n) is 11.1. The molecular formula is C15H23NO. The third-order valence-corrected chi connectivity index (χ3v) is 3.26. The standard InChI is InChI=1S/C15H23NO/c1-11(2)10-16(15-8-9-15)14-6-4-13(5-7-14)12(3)17/h4-7,11-12,15,17H,8-10H2,1-3H3/t12-/m0/s1. The molecule has 0 radical (unpaired) electrons. The zero-order valence-corrected chi connectivity index (χ0v) is 11.1. The van der Waals surface area contributed by atoms with Gasteiger partial charge in [-0.15, -0.1) is 0 Å². The second kappa shape index (κ2) is 5.09. The average Bonchev–Trinajstić information content (AvgIpc) is 3.09. The van der Waals surface area contributed by atoms with Gasteiger partial charge in [0, 0.05) is 18.3 Å². The summed E-state index contributed by atoms with van der Waals surface area (Å²) >= 11 is 0. The molecule has 1 aromatic rings. The number of aliphatic hydroxyl groups excluding tert-OH is 1. The summed E-state index contributed by atoms with van der Waals surface area (Å²) in [6.45, 7) is 7.46. The van der Waals surface area contributed by atoms with Crippen LogP contribution in [0, 0.1) is 5.92 Å². The number of aliphatic hydroxyl groups is 1. The lowest BCUT2D eigenvalue weighted by Crippen LogP contribution is -2.29. The van der Waals surface area contributed by atoms with Crippen LogP contribution in [0.4, 0.5) is 5.69 Å². The zero-order chi connectivity index (χ0) is 12.4. The van der Waals surface area contributed by atoms with Crippen molar-refractivity contribution >= 4 is 5.69 Å². The lowest BCUT2D eigenvalue weighted by Gasteiger charge is -2.27. The van der Waals surface area contributed by atoms with E-state index in [4.69, 9.17) is 0 Å². The van der Waals surface area contributed by atoms with Crippen molar-refractivity contribution in [2.45, 2.75) is 45.8 Å². The normalized spacial score (nSPS) is 17.2. The molecule has 0 aliphatic heterocycles. The molecule has 17 heavy (non-hydrogen) atoms. The first-order valence-electron chi connectivity index (χ1n) is 6.62. The van der Waals surface area contributed by atoms with Crippen LogP contribution in [0.15, 0.2) is 24.3 Å². The fourth-order valence-electron chi connectivity index (χ4n) is 2.19. The molecule has 1 atom stereocenters. The van der Waals surface area contributed by atoms with Gasteiger partial charge in [0.2, 0.25) is 0 Å². The Morgan fingerprint density at radius 3 is 2.18 bits per heavy atom. The van der Waals surface area contributed by atoms with Gasteiger partial charge in [0.1, 0.15) is 0 Å². The van der Waals surface area contributed by atoms with Gasteiger partial charge in [-0.3, -0.25) is 0 Å². The highest BCUT2D eigenvalue weighted by atomic mass is 16.3. The summed E-state index contributed by atoms with van der Waals surface area (Å²) in [5.74, 6) is 0.687. The Kier molecular flexibility index (Phi) is 3.72. The van der Waals surface area contributed by atoms with E-state index in [1.807, 2.05) is 19.1 Å². The molecule has 2 nitrogen and oxygen atoms in total. The molecule has 0 bridgehead atoms. The van der Waals surface area contributed by atoms with Crippen molar-refractivity contribution in [2.24, 2.45) is 5.92 Å². The molecule has 2 heteroatoms. The van der Waals surface area contributed by atoms with Gasteiger partial charge in [0.25, 0.3) is 0 Å². The van der Waals surface area contributed by atoms with Crippen molar-refractivity contribution < 1.29 is 5.11 Å². The van der Waals surface area contributed by atoms with Gasteiger partial charge < -0.3 is 10.0 Å². The van der Waals surface area contributed by atoms with E-state index in [9.17, 15) is 5.11 Å². The SMILES string of the molecule is CC(C)CN(c1ccc([C@H](C)O)cc1)C1CC1. The van der Waals surface area contributed by atoms with Crippen molar-refractivity contribution in [3.63, 3.8) is 0 Å².